The first-order valence-electron chi connectivity index (χ1n) is 7.32. The smallest absolute Gasteiger partial charge is 0.251 e. The molecule has 2 heterocycles. The van der Waals surface area contributed by atoms with Crippen molar-refractivity contribution in [3.05, 3.63) is 41.3 Å². The van der Waals surface area contributed by atoms with Crippen LogP contribution in [0.1, 0.15) is 10.4 Å². The maximum Gasteiger partial charge on any atom is 0.251 e. The highest BCUT2D eigenvalue weighted by atomic mass is 32.2. The van der Waals surface area contributed by atoms with Crippen molar-refractivity contribution >= 4 is 56.6 Å². The molecule has 0 radical (unpaired) electrons. The van der Waals surface area contributed by atoms with E-state index in [0.717, 1.165) is 10.2 Å². The quantitative estimate of drug-likeness (QED) is 0.468. The first-order valence-corrected chi connectivity index (χ1v) is 9.19. The number of hydrogen-bond donors (Lipinski definition) is 3. The van der Waals surface area contributed by atoms with Gasteiger partial charge in [0.1, 0.15) is 10.6 Å². The van der Waals surface area contributed by atoms with Crippen molar-refractivity contribution < 1.29 is 9.59 Å². The van der Waals surface area contributed by atoms with Crippen LogP contribution < -0.4 is 16.4 Å². The summed E-state index contributed by atoms with van der Waals surface area (Å²) in [5.41, 5.74) is 6.93. The number of nitrogens with zero attached hydrogens (tertiary/aromatic N) is 2. The molecule has 0 aliphatic rings. The molecule has 0 aliphatic carbocycles. The van der Waals surface area contributed by atoms with Gasteiger partial charge in [0.05, 0.1) is 11.1 Å². The molecule has 25 heavy (non-hydrogen) atoms. The second-order valence-electron chi connectivity index (χ2n) is 5.03. The summed E-state index contributed by atoms with van der Waals surface area (Å²) in [5.74, 6) is 0.124. The molecule has 0 bridgehead atoms. The van der Waals surface area contributed by atoms with Crippen LogP contribution >= 0.6 is 23.1 Å². The monoisotopic (exact) mass is 373 g/mol. The second-order valence-corrected chi connectivity index (χ2v) is 6.86. The number of thiophene rings is 1. The molecule has 0 aliphatic heterocycles. The van der Waals surface area contributed by atoms with Crippen molar-refractivity contribution in [2.24, 2.45) is 0 Å². The van der Waals surface area contributed by atoms with E-state index in [2.05, 4.69) is 20.6 Å². The Morgan fingerprint density at radius 1 is 1.28 bits per heavy atom. The first-order chi connectivity index (χ1) is 12.1. The van der Waals surface area contributed by atoms with Gasteiger partial charge < -0.3 is 16.4 Å². The van der Waals surface area contributed by atoms with Crippen molar-refractivity contribution in [2.45, 2.75) is 5.16 Å². The zero-order chi connectivity index (χ0) is 17.8. The lowest BCUT2D eigenvalue weighted by molar-refractivity contribution is -0.113. The number of rotatable bonds is 5. The summed E-state index contributed by atoms with van der Waals surface area (Å²) in [5, 5.41) is 8.48. The molecular formula is C16H15N5O2S2. The van der Waals surface area contributed by atoms with Crippen LogP contribution in [0, 0.1) is 0 Å². The molecular weight excluding hydrogens is 358 g/mol. The highest BCUT2D eigenvalue weighted by Gasteiger charge is 2.10. The Morgan fingerprint density at radius 3 is 2.92 bits per heavy atom. The largest absolute Gasteiger partial charge is 0.383 e. The van der Waals surface area contributed by atoms with E-state index in [1.807, 2.05) is 11.4 Å². The Bertz CT molecular complexity index is 941. The third-order valence-corrected chi connectivity index (χ3v) is 4.96. The molecule has 0 atom stereocenters. The molecule has 0 unspecified atom stereocenters. The SMILES string of the molecule is CNC(=O)c1cccc(NC(=O)CSc2nc(N)c3ccsc3n2)c1. The highest BCUT2D eigenvalue weighted by Crippen LogP contribution is 2.26. The number of carbonyl (C=O) groups is 2. The van der Waals surface area contributed by atoms with E-state index >= 15 is 0 Å². The summed E-state index contributed by atoms with van der Waals surface area (Å²) in [6, 6.07) is 8.60. The number of benzene rings is 1. The van der Waals surface area contributed by atoms with Gasteiger partial charge in [-0.1, -0.05) is 17.8 Å². The predicted octanol–water partition coefficient (Wildman–Crippen LogP) is 2.36. The van der Waals surface area contributed by atoms with Crippen LogP contribution in [0.5, 0.6) is 0 Å². The molecule has 3 aromatic rings. The van der Waals surface area contributed by atoms with Crippen molar-refractivity contribution in [1.29, 1.82) is 0 Å². The van der Waals surface area contributed by atoms with Gasteiger partial charge in [0.15, 0.2) is 5.16 Å². The Kier molecular flexibility index (Phi) is 5.15. The summed E-state index contributed by atoms with van der Waals surface area (Å²) in [7, 11) is 1.56. The number of nitrogens with one attached hydrogen (secondary N) is 2. The van der Waals surface area contributed by atoms with Crippen LogP contribution in [0.25, 0.3) is 10.2 Å². The van der Waals surface area contributed by atoms with E-state index in [4.69, 9.17) is 5.73 Å². The fourth-order valence-electron chi connectivity index (χ4n) is 2.13. The molecule has 0 fully saturated rings. The Balaban J connectivity index is 1.63. The number of carbonyl (C=O) groups excluding carboxylic acids is 2. The normalized spacial score (nSPS) is 10.6. The minimum Gasteiger partial charge on any atom is -0.383 e. The minimum absolute atomic E-state index is 0.139. The highest BCUT2D eigenvalue weighted by molar-refractivity contribution is 7.99. The maximum atomic E-state index is 12.1. The molecule has 4 N–H and O–H groups in total. The number of amides is 2. The van der Waals surface area contributed by atoms with Crippen molar-refractivity contribution in [3.8, 4) is 0 Å². The number of nitrogen functional groups attached to an aromatic ring is 1. The fourth-order valence-corrected chi connectivity index (χ4v) is 3.61. The van der Waals surface area contributed by atoms with Crippen molar-refractivity contribution in [3.63, 3.8) is 0 Å². The van der Waals surface area contributed by atoms with Crippen LogP contribution in [0.2, 0.25) is 0 Å². The molecule has 2 amide bonds. The summed E-state index contributed by atoms with van der Waals surface area (Å²) < 4.78 is 0. The van der Waals surface area contributed by atoms with E-state index in [1.165, 1.54) is 23.1 Å². The van der Waals surface area contributed by atoms with Gasteiger partial charge in [0.2, 0.25) is 5.91 Å². The first kappa shape index (κ1) is 17.2. The topological polar surface area (TPSA) is 110 Å². The van der Waals surface area contributed by atoms with Crippen LogP contribution in [0.3, 0.4) is 0 Å². The Morgan fingerprint density at radius 2 is 2.12 bits per heavy atom. The van der Waals surface area contributed by atoms with E-state index in [9.17, 15) is 9.59 Å². The zero-order valence-corrected chi connectivity index (χ0v) is 14.9. The summed E-state index contributed by atoms with van der Waals surface area (Å²) in [4.78, 5) is 33.1. The van der Waals surface area contributed by atoms with E-state index < -0.39 is 0 Å². The summed E-state index contributed by atoms with van der Waals surface area (Å²) >= 11 is 2.68. The predicted molar refractivity (Wildman–Crippen MR) is 101 cm³/mol. The Labute approximate surface area is 152 Å². The van der Waals surface area contributed by atoms with Gasteiger partial charge in [-0.05, 0) is 29.6 Å². The number of anilines is 2. The van der Waals surface area contributed by atoms with Crippen LogP contribution in [0.4, 0.5) is 11.5 Å². The van der Waals surface area contributed by atoms with Crippen LogP contribution in [-0.4, -0.2) is 34.6 Å². The van der Waals surface area contributed by atoms with Gasteiger partial charge in [-0.3, -0.25) is 9.59 Å². The fraction of sp³-hybridized carbons (Fsp3) is 0.125. The van der Waals surface area contributed by atoms with Gasteiger partial charge in [0.25, 0.3) is 5.91 Å². The molecule has 7 nitrogen and oxygen atoms in total. The minimum atomic E-state index is -0.215. The molecule has 3 rings (SSSR count). The maximum absolute atomic E-state index is 12.1. The molecule has 0 saturated heterocycles. The van der Waals surface area contributed by atoms with Gasteiger partial charge in [-0.15, -0.1) is 11.3 Å². The van der Waals surface area contributed by atoms with Gasteiger partial charge >= 0.3 is 0 Å². The molecule has 9 heteroatoms. The number of fused-ring (bicyclic) bond motifs is 1. The van der Waals surface area contributed by atoms with E-state index in [1.54, 1.807) is 31.3 Å². The summed E-state index contributed by atoms with van der Waals surface area (Å²) in [6.45, 7) is 0. The zero-order valence-electron chi connectivity index (χ0n) is 13.3. The van der Waals surface area contributed by atoms with Crippen LogP contribution in [0.15, 0.2) is 40.9 Å². The number of aromatic nitrogens is 2. The van der Waals surface area contributed by atoms with E-state index in [0.29, 0.717) is 22.2 Å². The van der Waals surface area contributed by atoms with Gasteiger partial charge in [0, 0.05) is 18.3 Å². The second kappa shape index (κ2) is 7.49. The lowest BCUT2D eigenvalue weighted by atomic mass is 10.2. The number of hydrogen-bond acceptors (Lipinski definition) is 7. The number of thioether (sulfide) groups is 1. The number of nitrogens with two attached hydrogens (primary N) is 1. The van der Waals surface area contributed by atoms with Crippen LogP contribution in [-0.2, 0) is 4.79 Å². The third kappa shape index (κ3) is 4.06. The van der Waals surface area contributed by atoms with E-state index in [-0.39, 0.29) is 17.6 Å². The lowest BCUT2D eigenvalue weighted by Crippen LogP contribution is -2.19. The lowest BCUT2D eigenvalue weighted by Gasteiger charge is -2.07. The van der Waals surface area contributed by atoms with Crippen molar-refractivity contribution in [1.82, 2.24) is 15.3 Å². The van der Waals surface area contributed by atoms with Gasteiger partial charge in [-0.2, -0.15) is 0 Å². The molecule has 0 saturated carbocycles. The molecule has 128 valence electrons. The van der Waals surface area contributed by atoms with Gasteiger partial charge in [-0.25, -0.2) is 9.97 Å². The molecule has 1 aromatic carbocycles. The third-order valence-electron chi connectivity index (χ3n) is 3.30. The standard InChI is InChI=1S/C16H15N5O2S2/c1-18-14(23)9-3-2-4-10(7-9)19-12(22)8-25-16-20-13(17)11-5-6-24-15(11)21-16/h2-7H,8H2,1H3,(H,18,23)(H,19,22)(H2,17,20,21). The Hall–Kier alpha value is -2.65. The molecule has 2 aromatic heterocycles. The average Bonchev–Trinajstić information content (AvgIpc) is 3.08. The molecule has 0 spiro atoms. The summed E-state index contributed by atoms with van der Waals surface area (Å²) in [6.07, 6.45) is 0. The average molecular weight is 373 g/mol. The van der Waals surface area contributed by atoms with Crippen molar-refractivity contribution in [2.75, 3.05) is 23.9 Å².